The minimum absolute atomic E-state index is 0.416. The monoisotopic (exact) mass is 1110 g/mol. The first-order valence-corrected chi connectivity index (χ1v) is 29.2. The summed E-state index contributed by atoms with van der Waals surface area (Å²) in [5, 5.41) is 26.0. The van der Waals surface area contributed by atoms with E-state index in [9.17, 15) is 0 Å². The first-order valence-electron chi connectivity index (χ1n) is 29.2. The largest absolute Gasteiger partial charge is 0.494 e. The van der Waals surface area contributed by atoms with Gasteiger partial charge in [0.05, 0.1) is 19.8 Å². The van der Waals surface area contributed by atoms with E-state index in [4.69, 9.17) is 27.5 Å². The lowest BCUT2D eigenvalue weighted by Gasteiger charge is -2.06. The van der Waals surface area contributed by atoms with Crippen molar-refractivity contribution in [2.45, 2.75) is 97.8 Å². The molecular formula is C72H66N6O6. The number of rotatable bonds is 24. The zero-order chi connectivity index (χ0) is 57.6. The van der Waals surface area contributed by atoms with Gasteiger partial charge in [0.1, 0.15) is 17.2 Å². The highest BCUT2D eigenvalue weighted by atomic mass is 16.5. The Labute approximate surface area is 492 Å². The van der Waals surface area contributed by atoms with Gasteiger partial charge < -0.3 is 27.5 Å². The number of nitrogens with zero attached hydrogens (tertiary/aromatic N) is 6. The van der Waals surface area contributed by atoms with Gasteiger partial charge in [-0.25, -0.2) is 0 Å². The number of hydrogen-bond acceptors (Lipinski definition) is 12. The summed E-state index contributed by atoms with van der Waals surface area (Å²) in [5.41, 5.74) is 9.49. The molecule has 12 nitrogen and oxygen atoms in total. The van der Waals surface area contributed by atoms with Crippen LogP contribution in [0.25, 0.3) is 68.7 Å². The van der Waals surface area contributed by atoms with Crippen molar-refractivity contribution < 1.29 is 27.5 Å². The summed E-state index contributed by atoms with van der Waals surface area (Å²) < 4.78 is 36.0. The SMILES string of the molecule is CCCCCCOc1ccc(-c2nnc(-c3ccc(C#Cc4cc(C#Cc5ccc(-c6nnc(-c7ccc(OCCCCCC)cc7)o6)cc5)cc(C#Cc5ccc(-c6nnc(-c7ccc(OCCCCCC)cc7)o6)cc5)c4)cc3)o2)cc1. The lowest BCUT2D eigenvalue weighted by molar-refractivity contribution is 0.305. The molecule has 0 aliphatic carbocycles. The standard InChI is InChI=1S/C72H66N6O6/c1-4-7-10-13-46-79-64-40-34-61(35-41-64)70-76-73-67(82-70)58-28-22-52(23-29-58)16-19-55-49-56(20-17-53-24-30-59(31-25-53)68-74-77-71(83-68)62-36-42-65(43-37-62)80-47-14-11-8-5-2)51-57(50-55)21-18-54-26-32-60(33-27-54)69-75-78-72(84-69)63-38-44-66(45-39-63)81-48-15-12-9-6-3/h22-45,49-51H,4-15,46-48H2,1-3H3. The van der Waals surface area contributed by atoms with Crippen LogP contribution < -0.4 is 14.2 Å². The first kappa shape index (κ1) is 57.3. The number of unbranched alkanes of at least 4 members (excludes halogenated alkanes) is 9. The highest BCUT2D eigenvalue weighted by Gasteiger charge is 2.14. The molecule has 0 N–H and O–H groups in total. The van der Waals surface area contributed by atoms with Crippen molar-refractivity contribution in [3.63, 3.8) is 0 Å². The van der Waals surface area contributed by atoms with E-state index in [2.05, 4.69) is 86.9 Å². The van der Waals surface area contributed by atoms with Crippen molar-refractivity contribution in [1.82, 2.24) is 30.6 Å². The van der Waals surface area contributed by atoms with E-state index in [-0.39, 0.29) is 0 Å². The van der Waals surface area contributed by atoms with Crippen molar-refractivity contribution in [1.29, 1.82) is 0 Å². The smallest absolute Gasteiger partial charge is 0.248 e. The van der Waals surface area contributed by atoms with Gasteiger partial charge in [-0.05, 0) is 183 Å². The average Bonchev–Trinajstić information content (AvgIpc) is 4.54. The number of aromatic nitrogens is 6. The summed E-state index contributed by atoms with van der Waals surface area (Å²) in [6.45, 7) is 8.72. The van der Waals surface area contributed by atoms with Crippen LogP contribution >= 0.6 is 0 Å². The molecule has 0 amide bonds. The predicted molar refractivity (Wildman–Crippen MR) is 329 cm³/mol. The Morgan fingerprint density at radius 3 is 0.702 bits per heavy atom. The molecule has 0 aliphatic heterocycles. The van der Waals surface area contributed by atoms with Crippen molar-refractivity contribution >= 4 is 0 Å². The maximum absolute atomic E-state index is 6.10. The van der Waals surface area contributed by atoms with Crippen LogP contribution in [0.1, 0.15) is 131 Å². The molecule has 10 rings (SSSR count). The van der Waals surface area contributed by atoms with Crippen LogP contribution in [-0.4, -0.2) is 50.4 Å². The van der Waals surface area contributed by atoms with E-state index < -0.39 is 0 Å². The van der Waals surface area contributed by atoms with Crippen molar-refractivity contribution in [2.24, 2.45) is 0 Å². The number of benzene rings is 7. The first-order chi connectivity index (χ1) is 41.4. The Morgan fingerprint density at radius 1 is 0.262 bits per heavy atom. The molecule has 84 heavy (non-hydrogen) atoms. The van der Waals surface area contributed by atoms with E-state index in [0.717, 1.165) is 103 Å². The third-order valence-corrected chi connectivity index (χ3v) is 13.8. The Balaban J connectivity index is 0.831. The molecule has 10 aromatic rings. The van der Waals surface area contributed by atoms with E-state index in [0.29, 0.717) is 55.2 Å². The summed E-state index contributed by atoms with van der Waals surface area (Å²) >= 11 is 0. The lowest BCUT2D eigenvalue weighted by atomic mass is 10.0. The highest BCUT2D eigenvalue weighted by Crippen LogP contribution is 2.30. The quantitative estimate of drug-likeness (QED) is 0.0419. The van der Waals surface area contributed by atoms with Crippen LogP contribution in [0.5, 0.6) is 17.2 Å². The normalized spacial score (nSPS) is 10.8. The molecule has 420 valence electrons. The maximum atomic E-state index is 6.10. The topological polar surface area (TPSA) is 144 Å². The second-order valence-electron chi connectivity index (χ2n) is 20.3. The van der Waals surface area contributed by atoms with Crippen LogP contribution in [0.15, 0.2) is 177 Å². The second-order valence-corrected chi connectivity index (χ2v) is 20.3. The van der Waals surface area contributed by atoms with E-state index in [1.165, 1.54) is 57.8 Å². The van der Waals surface area contributed by atoms with Gasteiger partial charge in [0.15, 0.2) is 0 Å². The summed E-state index contributed by atoms with van der Waals surface area (Å²) in [4.78, 5) is 0. The molecule has 0 saturated heterocycles. The van der Waals surface area contributed by atoms with Crippen LogP contribution in [0.2, 0.25) is 0 Å². The van der Waals surface area contributed by atoms with E-state index in [1.807, 2.05) is 164 Å². The molecule has 0 saturated carbocycles. The Kier molecular flexibility index (Phi) is 20.2. The summed E-state index contributed by atoms with van der Waals surface area (Å²) in [7, 11) is 0. The Hall–Kier alpha value is -9.96. The molecule has 0 atom stereocenters. The van der Waals surface area contributed by atoms with Crippen LogP contribution in [0.4, 0.5) is 0 Å². The molecule has 12 heteroatoms. The molecule has 0 bridgehead atoms. The molecule has 0 fully saturated rings. The lowest BCUT2D eigenvalue weighted by Crippen LogP contribution is -1.96. The predicted octanol–water partition coefficient (Wildman–Crippen LogP) is 16.9. The fourth-order valence-electron chi connectivity index (χ4n) is 8.97. The van der Waals surface area contributed by atoms with Crippen molar-refractivity contribution in [2.75, 3.05) is 19.8 Å². The summed E-state index contributed by atoms with van der Waals surface area (Å²) in [6.07, 6.45) is 13.9. The molecule has 0 spiro atoms. The van der Waals surface area contributed by atoms with Gasteiger partial charge >= 0.3 is 0 Å². The zero-order valence-corrected chi connectivity index (χ0v) is 47.8. The van der Waals surface area contributed by atoms with Crippen molar-refractivity contribution in [3.8, 4) is 121 Å². The third-order valence-electron chi connectivity index (χ3n) is 13.8. The van der Waals surface area contributed by atoms with Gasteiger partial charge in [-0.1, -0.05) is 114 Å². The minimum atomic E-state index is 0.416. The van der Waals surface area contributed by atoms with Gasteiger partial charge in [-0.15, -0.1) is 30.6 Å². The van der Waals surface area contributed by atoms with Gasteiger partial charge in [0.2, 0.25) is 35.3 Å². The van der Waals surface area contributed by atoms with Gasteiger partial charge in [-0.3, -0.25) is 0 Å². The molecular weight excluding hydrogens is 1040 g/mol. The third kappa shape index (κ3) is 16.4. The molecule has 3 heterocycles. The molecule has 0 unspecified atom stereocenters. The fraction of sp³-hybridized carbons (Fsp3) is 0.250. The maximum Gasteiger partial charge on any atom is 0.248 e. The average molecular weight is 1110 g/mol. The number of hydrogen-bond donors (Lipinski definition) is 0. The van der Waals surface area contributed by atoms with Crippen molar-refractivity contribution in [3.05, 3.63) is 197 Å². The van der Waals surface area contributed by atoms with E-state index in [1.54, 1.807) is 0 Å². The van der Waals surface area contributed by atoms with E-state index >= 15 is 0 Å². The minimum Gasteiger partial charge on any atom is -0.494 e. The fourth-order valence-corrected chi connectivity index (χ4v) is 8.97. The second kappa shape index (κ2) is 29.7. The molecule has 0 aliphatic rings. The highest BCUT2D eigenvalue weighted by molar-refractivity contribution is 5.64. The summed E-state index contributed by atoms with van der Waals surface area (Å²) in [5.74, 6) is 25.1. The number of ether oxygens (including phenoxy) is 3. The summed E-state index contributed by atoms with van der Waals surface area (Å²) in [6, 6.07) is 52.3. The van der Waals surface area contributed by atoms with Gasteiger partial charge in [0, 0.05) is 66.8 Å². The van der Waals surface area contributed by atoms with Crippen LogP contribution in [-0.2, 0) is 0 Å². The van der Waals surface area contributed by atoms with Gasteiger partial charge in [-0.2, -0.15) is 0 Å². The zero-order valence-electron chi connectivity index (χ0n) is 47.8. The molecule has 3 aromatic heterocycles. The Bertz CT molecular complexity index is 3470. The molecule has 7 aromatic carbocycles. The Morgan fingerprint density at radius 2 is 0.476 bits per heavy atom. The van der Waals surface area contributed by atoms with Gasteiger partial charge in [0.25, 0.3) is 0 Å². The molecule has 0 radical (unpaired) electrons. The van der Waals surface area contributed by atoms with Crippen LogP contribution in [0.3, 0.4) is 0 Å². The van der Waals surface area contributed by atoms with Crippen LogP contribution in [0, 0.1) is 35.5 Å².